The minimum atomic E-state index is -0.580. The number of anilines is 1. The van der Waals surface area contributed by atoms with Crippen molar-refractivity contribution in [2.24, 2.45) is 5.41 Å². The molecule has 4 N–H and O–H groups in total. The van der Waals surface area contributed by atoms with Crippen LogP contribution in [0.4, 0.5) is 5.82 Å². The van der Waals surface area contributed by atoms with Gasteiger partial charge in [0, 0.05) is 26.6 Å². The number of esters is 1. The fraction of sp³-hybridized carbons (Fsp3) is 0.696. The van der Waals surface area contributed by atoms with E-state index in [4.69, 9.17) is 26.8 Å². The van der Waals surface area contributed by atoms with Gasteiger partial charge >= 0.3 is 5.97 Å². The zero-order valence-electron chi connectivity index (χ0n) is 20.0. The highest BCUT2D eigenvalue weighted by Crippen LogP contribution is 2.18. The molecule has 1 saturated heterocycles. The fourth-order valence-corrected chi connectivity index (χ4v) is 3.83. The van der Waals surface area contributed by atoms with E-state index >= 15 is 0 Å². The average Bonchev–Trinajstić information content (AvgIpc) is 2.74. The summed E-state index contributed by atoms with van der Waals surface area (Å²) in [5, 5.41) is 3.02. The summed E-state index contributed by atoms with van der Waals surface area (Å²) in [5.74, 6) is -0.609. The van der Waals surface area contributed by atoms with Gasteiger partial charge in [-0.05, 0) is 37.3 Å². The number of amides is 1. The molecule has 0 bridgehead atoms. The minimum Gasteiger partial charge on any atom is -0.465 e. The van der Waals surface area contributed by atoms with Crippen LogP contribution >= 0.6 is 11.6 Å². The summed E-state index contributed by atoms with van der Waals surface area (Å²) < 4.78 is 10.9. The number of hydrogen-bond acceptors (Lipinski definition) is 7. The second kappa shape index (κ2) is 12.4. The molecule has 0 unspecified atom stereocenters. The Bertz CT molecular complexity index is 867. The van der Waals surface area contributed by atoms with Gasteiger partial charge in [-0.1, -0.05) is 38.8 Å². The molecule has 9 nitrogen and oxygen atoms in total. The predicted molar refractivity (Wildman–Crippen MR) is 128 cm³/mol. The first kappa shape index (κ1) is 27.1. The van der Waals surface area contributed by atoms with Crippen LogP contribution in [0.3, 0.4) is 0 Å². The standard InChI is InChI=1S/C23H37ClN4O5/c1-23(2,3)14-33-19(29)8-6-5-7-10-28-11-9-17(18(13-28)32-4)26-21(30)15-12-16(24)20(25)27-22(15)31/h12,17-18H,5-11,13-14H2,1-4H3,(H,26,30)(H3,25,27,31)/t17-,18+/m1/s1. The summed E-state index contributed by atoms with van der Waals surface area (Å²) in [6, 6.07) is 1.06. The van der Waals surface area contributed by atoms with E-state index in [0.717, 1.165) is 32.4 Å². The van der Waals surface area contributed by atoms with Crippen molar-refractivity contribution in [3.8, 4) is 0 Å². The summed E-state index contributed by atoms with van der Waals surface area (Å²) in [6.07, 6.45) is 3.67. The van der Waals surface area contributed by atoms with Crippen molar-refractivity contribution in [2.45, 2.75) is 65.0 Å². The molecule has 2 atom stereocenters. The number of carbonyl (C=O) groups excluding carboxylic acids is 2. The Labute approximate surface area is 200 Å². The summed E-state index contributed by atoms with van der Waals surface area (Å²) in [5.41, 5.74) is 4.89. The Morgan fingerprint density at radius 2 is 2.03 bits per heavy atom. The lowest BCUT2D eigenvalue weighted by atomic mass is 9.99. The maximum Gasteiger partial charge on any atom is 0.305 e. The van der Waals surface area contributed by atoms with Crippen LogP contribution in [-0.4, -0.2) is 67.3 Å². The Morgan fingerprint density at radius 1 is 1.30 bits per heavy atom. The Kier molecular flexibility index (Phi) is 10.2. The average molecular weight is 485 g/mol. The lowest BCUT2D eigenvalue weighted by Crippen LogP contribution is -2.55. The molecule has 186 valence electrons. The van der Waals surface area contributed by atoms with E-state index in [1.165, 1.54) is 6.07 Å². The topological polar surface area (TPSA) is 127 Å². The number of unbranched alkanes of at least 4 members (excludes halogenated alkanes) is 2. The Morgan fingerprint density at radius 3 is 2.70 bits per heavy atom. The molecule has 0 aliphatic carbocycles. The van der Waals surface area contributed by atoms with Crippen molar-refractivity contribution >= 4 is 29.3 Å². The lowest BCUT2D eigenvalue weighted by Gasteiger charge is -2.38. The van der Waals surface area contributed by atoms with Crippen LogP contribution in [0, 0.1) is 5.41 Å². The van der Waals surface area contributed by atoms with Crippen molar-refractivity contribution in [3.05, 3.63) is 27.0 Å². The number of halogens is 1. The quantitative estimate of drug-likeness (QED) is 0.344. The van der Waals surface area contributed by atoms with Crippen molar-refractivity contribution in [2.75, 3.05) is 39.1 Å². The van der Waals surface area contributed by atoms with Crippen LogP contribution in [0.15, 0.2) is 10.9 Å². The fourth-order valence-electron chi connectivity index (χ4n) is 3.67. The SMILES string of the molecule is CO[C@H]1CN(CCCCCC(=O)OCC(C)(C)C)CC[C@H]1NC(=O)c1cc(Cl)c(N)[nH]c1=O. The number of nitrogens with zero attached hydrogens (tertiary/aromatic N) is 1. The number of nitrogens with one attached hydrogen (secondary N) is 2. The summed E-state index contributed by atoms with van der Waals surface area (Å²) >= 11 is 5.94. The molecule has 1 fully saturated rings. The molecule has 0 spiro atoms. The molecule has 1 aliphatic heterocycles. The van der Waals surface area contributed by atoms with Gasteiger partial charge in [0.1, 0.15) is 11.4 Å². The van der Waals surface area contributed by atoms with E-state index in [2.05, 4.69) is 15.2 Å². The number of aromatic nitrogens is 1. The first-order valence-electron chi connectivity index (χ1n) is 11.4. The molecule has 2 rings (SSSR count). The summed E-state index contributed by atoms with van der Waals surface area (Å²) in [7, 11) is 1.61. The van der Waals surface area contributed by atoms with Crippen molar-refractivity contribution in [1.82, 2.24) is 15.2 Å². The highest BCUT2D eigenvalue weighted by atomic mass is 35.5. The molecule has 33 heavy (non-hydrogen) atoms. The molecular formula is C23H37ClN4O5. The number of H-pyrrole nitrogens is 1. The molecule has 1 aromatic heterocycles. The van der Waals surface area contributed by atoms with Crippen LogP contribution in [0.1, 0.15) is 63.2 Å². The Hall–Kier alpha value is -2.10. The van der Waals surface area contributed by atoms with Crippen molar-refractivity contribution < 1.29 is 19.1 Å². The number of nitrogens with two attached hydrogens (primary N) is 1. The van der Waals surface area contributed by atoms with E-state index in [0.29, 0.717) is 26.0 Å². The van der Waals surface area contributed by atoms with Crippen molar-refractivity contribution in [3.63, 3.8) is 0 Å². The molecular weight excluding hydrogens is 448 g/mol. The zero-order valence-corrected chi connectivity index (χ0v) is 20.8. The van der Waals surface area contributed by atoms with E-state index in [1.807, 2.05) is 20.8 Å². The largest absolute Gasteiger partial charge is 0.465 e. The van der Waals surface area contributed by atoms with E-state index in [9.17, 15) is 14.4 Å². The molecule has 2 heterocycles. The van der Waals surface area contributed by atoms with Gasteiger partial charge in [0.05, 0.1) is 23.8 Å². The van der Waals surface area contributed by atoms with Gasteiger partial charge in [-0.25, -0.2) is 0 Å². The van der Waals surface area contributed by atoms with Gasteiger partial charge < -0.3 is 30.4 Å². The molecule has 1 aromatic rings. The van der Waals surface area contributed by atoms with Crippen LogP contribution < -0.4 is 16.6 Å². The van der Waals surface area contributed by atoms with E-state index in [-0.39, 0.29) is 39.9 Å². The predicted octanol–water partition coefficient (Wildman–Crippen LogP) is 2.58. The van der Waals surface area contributed by atoms with Gasteiger partial charge in [-0.15, -0.1) is 0 Å². The van der Waals surface area contributed by atoms with Crippen LogP contribution in [0.5, 0.6) is 0 Å². The second-order valence-electron chi connectivity index (χ2n) is 9.75. The lowest BCUT2D eigenvalue weighted by molar-refractivity contribution is -0.146. The first-order valence-corrected chi connectivity index (χ1v) is 11.8. The maximum atomic E-state index is 12.6. The number of nitrogen functional groups attached to an aromatic ring is 1. The van der Waals surface area contributed by atoms with Crippen LogP contribution in [-0.2, 0) is 14.3 Å². The normalized spacial score (nSPS) is 19.3. The van der Waals surface area contributed by atoms with Gasteiger partial charge in [-0.2, -0.15) is 0 Å². The third-order valence-electron chi connectivity index (χ3n) is 5.55. The van der Waals surface area contributed by atoms with Gasteiger partial charge in [0.15, 0.2) is 0 Å². The molecule has 10 heteroatoms. The molecule has 0 aromatic carbocycles. The molecule has 0 radical (unpaired) electrons. The molecule has 1 amide bonds. The number of carbonyl (C=O) groups is 2. The van der Waals surface area contributed by atoms with Crippen LogP contribution in [0.25, 0.3) is 0 Å². The van der Waals surface area contributed by atoms with Gasteiger partial charge in [-0.3, -0.25) is 14.4 Å². The smallest absolute Gasteiger partial charge is 0.305 e. The maximum absolute atomic E-state index is 12.6. The van der Waals surface area contributed by atoms with Crippen LogP contribution in [0.2, 0.25) is 5.02 Å². The number of aromatic amines is 1. The number of hydrogen-bond donors (Lipinski definition) is 3. The first-order chi connectivity index (χ1) is 15.5. The van der Waals surface area contributed by atoms with Crippen molar-refractivity contribution in [1.29, 1.82) is 0 Å². The Balaban J connectivity index is 1.74. The second-order valence-corrected chi connectivity index (χ2v) is 10.2. The van der Waals surface area contributed by atoms with Gasteiger partial charge in [0.25, 0.3) is 11.5 Å². The minimum absolute atomic E-state index is 0.0169. The number of pyridine rings is 1. The highest BCUT2D eigenvalue weighted by Gasteiger charge is 2.31. The molecule has 1 aliphatic rings. The number of methoxy groups -OCH3 is 1. The third kappa shape index (κ3) is 8.98. The summed E-state index contributed by atoms with van der Waals surface area (Å²) in [6.45, 7) is 8.92. The number of ether oxygens (including phenoxy) is 2. The van der Waals surface area contributed by atoms with Gasteiger partial charge in [0.2, 0.25) is 0 Å². The van der Waals surface area contributed by atoms with E-state index < -0.39 is 11.5 Å². The number of rotatable bonds is 10. The zero-order chi connectivity index (χ0) is 24.6. The monoisotopic (exact) mass is 484 g/mol. The summed E-state index contributed by atoms with van der Waals surface area (Å²) in [4.78, 5) is 41.1. The van der Waals surface area contributed by atoms with E-state index in [1.54, 1.807) is 7.11 Å². The number of likely N-dealkylation sites (tertiary alicyclic amines) is 1. The third-order valence-corrected chi connectivity index (χ3v) is 5.86. The number of piperidine rings is 1. The highest BCUT2D eigenvalue weighted by molar-refractivity contribution is 6.33. The molecule has 0 saturated carbocycles.